The van der Waals surface area contributed by atoms with Crippen LogP contribution in [0.15, 0.2) is 0 Å². The molecule has 2 nitrogen and oxygen atoms in total. The topological polar surface area (TPSA) is 21.3 Å². The maximum absolute atomic E-state index is 5.34. The Bertz CT molecular complexity index is 94.1. The quantitative estimate of drug-likeness (QED) is 0.647. The number of hydrogen-bond donors (Lipinski definition) is 1. The molecule has 0 aromatic heterocycles. The van der Waals surface area contributed by atoms with E-state index in [0.717, 1.165) is 19.8 Å². The van der Waals surface area contributed by atoms with Gasteiger partial charge in [-0.2, -0.15) is 11.8 Å². The standard InChI is InChI=1S/C8H17NOS/c1-11-6-4-9-8-3-2-5-10-7-8/h8-9H,2-7H2,1H3/t8-/m1/s1. The lowest BCUT2D eigenvalue weighted by atomic mass is 10.1. The molecule has 0 amide bonds. The molecule has 11 heavy (non-hydrogen) atoms. The maximum atomic E-state index is 5.34. The number of hydrogen-bond acceptors (Lipinski definition) is 3. The first-order chi connectivity index (χ1) is 5.43. The molecule has 1 atom stereocenters. The van der Waals surface area contributed by atoms with Crippen molar-refractivity contribution in [3.8, 4) is 0 Å². The minimum Gasteiger partial charge on any atom is -0.380 e. The molecule has 0 aromatic carbocycles. The molecule has 1 saturated heterocycles. The number of thioether (sulfide) groups is 1. The highest BCUT2D eigenvalue weighted by molar-refractivity contribution is 7.98. The molecular weight excluding hydrogens is 158 g/mol. The van der Waals surface area contributed by atoms with Gasteiger partial charge in [0, 0.05) is 24.9 Å². The van der Waals surface area contributed by atoms with E-state index in [-0.39, 0.29) is 0 Å². The van der Waals surface area contributed by atoms with Gasteiger partial charge < -0.3 is 10.1 Å². The van der Waals surface area contributed by atoms with Crippen molar-refractivity contribution in [2.45, 2.75) is 18.9 Å². The molecule has 1 heterocycles. The molecule has 0 saturated carbocycles. The van der Waals surface area contributed by atoms with Crippen LogP contribution in [0.2, 0.25) is 0 Å². The van der Waals surface area contributed by atoms with Crippen LogP contribution in [-0.4, -0.2) is 37.8 Å². The zero-order valence-electron chi connectivity index (χ0n) is 7.14. The summed E-state index contributed by atoms with van der Waals surface area (Å²) in [6.45, 7) is 2.99. The molecule has 0 unspecified atom stereocenters. The summed E-state index contributed by atoms with van der Waals surface area (Å²) in [4.78, 5) is 0. The fraction of sp³-hybridized carbons (Fsp3) is 1.00. The lowest BCUT2D eigenvalue weighted by Gasteiger charge is -2.22. The van der Waals surface area contributed by atoms with E-state index in [0.29, 0.717) is 6.04 Å². The maximum Gasteiger partial charge on any atom is 0.0619 e. The second kappa shape index (κ2) is 5.86. The Morgan fingerprint density at radius 1 is 1.64 bits per heavy atom. The first-order valence-electron chi connectivity index (χ1n) is 4.23. The fourth-order valence-electron chi connectivity index (χ4n) is 1.27. The Morgan fingerprint density at radius 3 is 3.18 bits per heavy atom. The van der Waals surface area contributed by atoms with E-state index in [1.165, 1.54) is 18.6 Å². The monoisotopic (exact) mass is 175 g/mol. The van der Waals surface area contributed by atoms with Crippen molar-refractivity contribution in [1.82, 2.24) is 5.32 Å². The van der Waals surface area contributed by atoms with Crippen LogP contribution < -0.4 is 5.32 Å². The van der Waals surface area contributed by atoms with E-state index >= 15 is 0 Å². The summed E-state index contributed by atoms with van der Waals surface area (Å²) in [7, 11) is 0. The first kappa shape index (κ1) is 9.36. The average Bonchev–Trinajstić information content (AvgIpc) is 2.07. The van der Waals surface area contributed by atoms with Gasteiger partial charge in [0.15, 0.2) is 0 Å². The molecule has 0 aliphatic carbocycles. The predicted octanol–water partition coefficient (Wildman–Crippen LogP) is 1.12. The van der Waals surface area contributed by atoms with E-state index in [9.17, 15) is 0 Å². The van der Waals surface area contributed by atoms with Crippen molar-refractivity contribution in [1.29, 1.82) is 0 Å². The zero-order valence-corrected chi connectivity index (χ0v) is 7.95. The van der Waals surface area contributed by atoms with Crippen molar-refractivity contribution in [3.05, 3.63) is 0 Å². The predicted molar refractivity (Wildman–Crippen MR) is 50.2 cm³/mol. The molecular formula is C8H17NOS. The second-order valence-electron chi connectivity index (χ2n) is 2.86. The van der Waals surface area contributed by atoms with Gasteiger partial charge in [0.25, 0.3) is 0 Å². The van der Waals surface area contributed by atoms with Gasteiger partial charge in [-0.1, -0.05) is 0 Å². The van der Waals surface area contributed by atoms with Gasteiger partial charge in [0.2, 0.25) is 0 Å². The molecule has 0 spiro atoms. The minimum atomic E-state index is 0.621. The third-order valence-electron chi connectivity index (χ3n) is 1.90. The number of rotatable bonds is 4. The molecule has 3 heteroatoms. The zero-order chi connectivity index (χ0) is 7.94. The largest absolute Gasteiger partial charge is 0.380 e. The summed E-state index contributed by atoms with van der Waals surface area (Å²) in [5, 5.41) is 3.48. The molecule has 0 radical (unpaired) electrons. The number of ether oxygens (including phenoxy) is 1. The van der Waals surface area contributed by atoms with Crippen molar-refractivity contribution >= 4 is 11.8 Å². The van der Waals surface area contributed by atoms with Gasteiger partial charge >= 0.3 is 0 Å². The Labute approximate surface area is 73.1 Å². The summed E-state index contributed by atoms with van der Waals surface area (Å²) in [5.74, 6) is 1.20. The van der Waals surface area contributed by atoms with Crippen molar-refractivity contribution in [2.75, 3.05) is 31.8 Å². The lowest BCUT2D eigenvalue weighted by molar-refractivity contribution is 0.0712. The van der Waals surface area contributed by atoms with Crippen LogP contribution >= 0.6 is 11.8 Å². The van der Waals surface area contributed by atoms with Gasteiger partial charge in [-0.3, -0.25) is 0 Å². The van der Waals surface area contributed by atoms with E-state index in [4.69, 9.17) is 4.74 Å². The van der Waals surface area contributed by atoms with Crippen LogP contribution in [0.25, 0.3) is 0 Å². The third kappa shape index (κ3) is 3.99. The van der Waals surface area contributed by atoms with Crippen LogP contribution in [0.3, 0.4) is 0 Å². The normalized spacial score (nSPS) is 25.4. The van der Waals surface area contributed by atoms with Gasteiger partial charge in [-0.15, -0.1) is 0 Å². The van der Waals surface area contributed by atoms with Crippen LogP contribution in [0.4, 0.5) is 0 Å². The van der Waals surface area contributed by atoms with E-state index in [1.54, 1.807) is 0 Å². The second-order valence-corrected chi connectivity index (χ2v) is 3.85. The third-order valence-corrected chi connectivity index (χ3v) is 2.51. The van der Waals surface area contributed by atoms with Crippen LogP contribution in [0.1, 0.15) is 12.8 Å². The molecule has 1 aliphatic rings. The van der Waals surface area contributed by atoms with Gasteiger partial charge in [0.1, 0.15) is 0 Å². The van der Waals surface area contributed by atoms with Crippen LogP contribution in [0.5, 0.6) is 0 Å². The molecule has 1 rings (SSSR count). The Hall–Kier alpha value is 0.270. The summed E-state index contributed by atoms with van der Waals surface area (Å²) >= 11 is 1.89. The van der Waals surface area contributed by atoms with E-state index in [2.05, 4.69) is 11.6 Å². The molecule has 66 valence electrons. The van der Waals surface area contributed by atoms with Gasteiger partial charge in [-0.05, 0) is 19.1 Å². The summed E-state index contributed by atoms with van der Waals surface area (Å²) in [5.41, 5.74) is 0. The van der Waals surface area contributed by atoms with Crippen molar-refractivity contribution < 1.29 is 4.74 Å². The molecule has 1 aliphatic heterocycles. The smallest absolute Gasteiger partial charge is 0.0619 e. The Kier molecular flexibility index (Phi) is 4.99. The van der Waals surface area contributed by atoms with Crippen molar-refractivity contribution in [3.63, 3.8) is 0 Å². The molecule has 0 aromatic rings. The van der Waals surface area contributed by atoms with Gasteiger partial charge in [-0.25, -0.2) is 0 Å². The van der Waals surface area contributed by atoms with Crippen molar-refractivity contribution in [2.24, 2.45) is 0 Å². The highest BCUT2D eigenvalue weighted by Gasteiger charge is 2.11. The Balaban J connectivity index is 1.96. The SMILES string of the molecule is CSCCN[C@@H]1CCCOC1. The van der Waals surface area contributed by atoms with Crippen LogP contribution in [-0.2, 0) is 4.74 Å². The molecule has 1 N–H and O–H groups in total. The highest BCUT2D eigenvalue weighted by atomic mass is 32.2. The van der Waals surface area contributed by atoms with Crippen LogP contribution in [0, 0.1) is 0 Å². The highest BCUT2D eigenvalue weighted by Crippen LogP contribution is 2.05. The molecule has 1 fully saturated rings. The van der Waals surface area contributed by atoms with E-state index in [1.807, 2.05) is 11.8 Å². The summed E-state index contributed by atoms with van der Waals surface area (Å²) in [6, 6.07) is 0.621. The average molecular weight is 175 g/mol. The minimum absolute atomic E-state index is 0.621. The first-order valence-corrected chi connectivity index (χ1v) is 5.63. The lowest BCUT2D eigenvalue weighted by Crippen LogP contribution is -2.37. The number of nitrogens with one attached hydrogen (secondary N) is 1. The van der Waals surface area contributed by atoms with Gasteiger partial charge in [0.05, 0.1) is 6.61 Å². The summed E-state index contributed by atoms with van der Waals surface area (Å²) < 4.78 is 5.34. The fourth-order valence-corrected chi connectivity index (χ4v) is 1.59. The Morgan fingerprint density at radius 2 is 2.55 bits per heavy atom. The van der Waals surface area contributed by atoms with E-state index < -0.39 is 0 Å². The summed E-state index contributed by atoms with van der Waals surface area (Å²) in [6.07, 6.45) is 4.64. The molecule has 0 bridgehead atoms.